The molecule has 1 heterocycles. The Kier molecular flexibility index (Phi) is 7.00. The van der Waals surface area contributed by atoms with Crippen LogP contribution < -0.4 is 20.5 Å². The van der Waals surface area contributed by atoms with Crippen molar-refractivity contribution in [2.45, 2.75) is 36.9 Å². The van der Waals surface area contributed by atoms with Crippen molar-refractivity contribution in [3.63, 3.8) is 0 Å². The van der Waals surface area contributed by atoms with Gasteiger partial charge in [-0.25, -0.2) is 8.42 Å². The maximum atomic E-state index is 12.2. The zero-order chi connectivity index (χ0) is 17.9. The number of anilines is 1. The molecule has 0 spiro atoms. The molecule has 146 valence electrons. The van der Waals surface area contributed by atoms with Gasteiger partial charge >= 0.3 is 0 Å². The third-order valence-electron chi connectivity index (χ3n) is 4.86. The minimum Gasteiger partial charge on any atom is -0.490 e. The van der Waals surface area contributed by atoms with Crippen LogP contribution in [-0.2, 0) is 9.84 Å². The van der Waals surface area contributed by atoms with Crippen LogP contribution >= 0.6 is 24.0 Å². The summed E-state index contributed by atoms with van der Waals surface area (Å²) in [5.74, 6) is 1.57. The highest BCUT2D eigenvalue weighted by Crippen LogP contribution is 2.37. The molecule has 3 N–H and O–H groups in total. The summed E-state index contributed by atoms with van der Waals surface area (Å²) in [5, 5.41) is 3.00. The lowest BCUT2D eigenvalue weighted by Gasteiger charge is -2.24. The van der Waals surface area contributed by atoms with E-state index in [0.717, 1.165) is 24.9 Å². The Morgan fingerprint density at radius 1 is 1.19 bits per heavy atom. The maximum absolute atomic E-state index is 12.2. The van der Waals surface area contributed by atoms with Crippen molar-refractivity contribution in [1.82, 2.24) is 0 Å². The smallest absolute Gasteiger partial charge is 0.193 e. The topological polar surface area (TPSA) is 103 Å². The van der Waals surface area contributed by atoms with Crippen LogP contribution in [-0.4, -0.2) is 45.1 Å². The van der Waals surface area contributed by atoms with E-state index in [1.54, 1.807) is 0 Å². The molecule has 0 bridgehead atoms. The van der Waals surface area contributed by atoms with Gasteiger partial charge in [-0.05, 0) is 25.0 Å². The third-order valence-corrected chi connectivity index (χ3v) is 6.97. The summed E-state index contributed by atoms with van der Waals surface area (Å²) in [6, 6.07) is 5.47. The molecule has 1 aliphatic carbocycles. The summed E-state index contributed by atoms with van der Waals surface area (Å²) >= 11 is 0. The first-order valence-corrected chi connectivity index (χ1v) is 10.4. The van der Waals surface area contributed by atoms with Crippen molar-refractivity contribution in [1.29, 1.82) is 0 Å². The predicted octanol–water partition coefficient (Wildman–Crippen LogP) is 2.55. The highest BCUT2D eigenvalue weighted by atomic mass is 127. The van der Waals surface area contributed by atoms with Gasteiger partial charge in [0.2, 0.25) is 0 Å². The number of rotatable bonds is 4. The van der Waals surface area contributed by atoms with Gasteiger partial charge in [0.05, 0.1) is 24.5 Å². The Balaban J connectivity index is 0.00000243. The lowest BCUT2D eigenvalue weighted by Crippen LogP contribution is -2.39. The van der Waals surface area contributed by atoms with E-state index in [-0.39, 0.29) is 36.5 Å². The summed E-state index contributed by atoms with van der Waals surface area (Å²) < 4.78 is 34.8. The van der Waals surface area contributed by atoms with Crippen molar-refractivity contribution in [3.8, 4) is 11.5 Å². The van der Waals surface area contributed by atoms with Crippen LogP contribution in [0.25, 0.3) is 0 Å². The van der Waals surface area contributed by atoms with E-state index in [1.807, 2.05) is 18.2 Å². The molecule has 1 aliphatic heterocycles. The van der Waals surface area contributed by atoms with Gasteiger partial charge in [-0.2, -0.15) is 0 Å². The molecule has 0 saturated heterocycles. The minimum atomic E-state index is -3.18. The molecule has 26 heavy (non-hydrogen) atoms. The Morgan fingerprint density at radius 2 is 1.85 bits per heavy atom. The van der Waals surface area contributed by atoms with Gasteiger partial charge in [0.15, 0.2) is 27.3 Å². The van der Waals surface area contributed by atoms with Gasteiger partial charge in [-0.1, -0.05) is 12.8 Å². The Morgan fingerprint density at radius 3 is 2.50 bits per heavy atom. The quantitative estimate of drug-likeness (QED) is 0.378. The molecule has 2 aliphatic rings. The molecule has 7 nitrogen and oxygen atoms in total. The number of hydrogen-bond acceptors (Lipinski definition) is 5. The lowest BCUT2D eigenvalue weighted by molar-refractivity contribution is 0.297. The van der Waals surface area contributed by atoms with Crippen LogP contribution in [0.3, 0.4) is 0 Å². The molecular formula is C17H26IN3O4S. The maximum Gasteiger partial charge on any atom is 0.193 e. The molecule has 3 rings (SSSR count). The fraction of sp³-hybridized carbons (Fsp3) is 0.588. The summed E-state index contributed by atoms with van der Waals surface area (Å²) in [6.07, 6.45) is 5.26. The Labute approximate surface area is 171 Å². The van der Waals surface area contributed by atoms with Gasteiger partial charge in [-0.3, -0.25) is 4.99 Å². The van der Waals surface area contributed by atoms with Crippen molar-refractivity contribution in [2.75, 3.05) is 31.3 Å². The summed E-state index contributed by atoms with van der Waals surface area (Å²) in [4.78, 5) is 4.30. The van der Waals surface area contributed by atoms with Crippen LogP contribution in [0.2, 0.25) is 0 Å². The van der Waals surface area contributed by atoms with E-state index >= 15 is 0 Å². The predicted molar refractivity (Wildman–Crippen MR) is 114 cm³/mol. The van der Waals surface area contributed by atoms with E-state index in [9.17, 15) is 8.42 Å². The number of nitrogens with two attached hydrogens (primary N) is 1. The largest absolute Gasteiger partial charge is 0.490 e. The van der Waals surface area contributed by atoms with E-state index < -0.39 is 14.6 Å². The van der Waals surface area contributed by atoms with Crippen molar-refractivity contribution >= 4 is 45.5 Å². The Bertz CT molecular complexity index is 761. The average Bonchev–Trinajstić information content (AvgIpc) is 2.93. The molecular weight excluding hydrogens is 469 g/mol. The molecule has 1 fully saturated rings. The first-order chi connectivity index (χ1) is 11.9. The van der Waals surface area contributed by atoms with Crippen molar-refractivity contribution < 1.29 is 17.9 Å². The second kappa shape index (κ2) is 8.64. The molecule has 0 atom stereocenters. The summed E-state index contributed by atoms with van der Waals surface area (Å²) in [6.45, 7) is 1.43. The Hall–Kier alpha value is -1.23. The zero-order valence-corrected chi connectivity index (χ0v) is 18.0. The number of fused-ring (bicyclic) bond motifs is 1. The number of sulfone groups is 1. The number of guanidine groups is 1. The van der Waals surface area contributed by atoms with Crippen molar-refractivity contribution in [3.05, 3.63) is 18.2 Å². The molecule has 0 radical (unpaired) electrons. The number of ether oxygens (including phenoxy) is 2. The normalized spacial score (nSPS) is 19.3. The van der Waals surface area contributed by atoms with Gasteiger partial charge < -0.3 is 20.5 Å². The number of nitrogens with zero attached hydrogens (tertiary/aromatic N) is 1. The summed E-state index contributed by atoms with van der Waals surface area (Å²) in [5.41, 5.74) is 6.69. The standard InChI is InChI=1S/C17H25N3O4S.HI/c1-25(21,22)17(7-2-3-8-17)12-19-16(18)20-13-5-6-14-15(11-13)24-10-4-9-23-14;/h5-6,11H,2-4,7-10,12H2,1H3,(H3,18,19,20);1H. The molecule has 0 unspecified atom stereocenters. The second-order valence-electron chi connectivity index (χ2n) is 6.70. The van der Waals surface area contributed by atoms with E-state index in [1.165, 1.54) is 6.26 Å². The minimum absolute atomic E-state index is 0. The number of halogens is 1. The summed E-state index contributed by atoms with van der Waals surface area (Å²) in [7, 11) is -3.18. The number of nitrogens with one attached hydrogen (secondary N) is 1. The fourth-order valence-electron chi connectivity index (χ4n) is 3.32. The number of hydrogen-bond donors (Lipinski definition) is 2. The highest BCUT2D eigenvalue weighted by Gasteiger charge is 2.43. The molecule has 1 aromatic carbocycles. The number of aliphatic imine (C=N–C) groups is 1. The van der Waals surface area contributed by atoms with Crippen LogP contribution in [0.1, 0.15) is 32.1 Å². The van der Waals surface area contributed by atoms with E-state index in [4.69, 9.17) is 15.2 Å². The average molecular weight is 495 g/mol. The molecule has 1 aromatic rings. The third kappa shape index (κ3) is 4.73. The van der Waals surface area contributed by atoms with E-state index in [2.05, 4.69) is 10.3 Å². The monoisotopic (exact) mass is 495 g/mol. The lowest BCUT2D eigenvalue weighted by atomic mass is 10.1. The van der Waals surface area contributed by atoms with Gasteiger partial charge in [0, 0.05) is 24.4 Å². The highest BCUT2D eigenvalue weighted by molar-refractivity contribution is 14.0. The van der Waals surface area contributed by atoms with Crippen LogP contribution in [0.15, 0.2) is 23.2 Å². The first kappa shape index (κ1) is 21.1. The van der Waals surface area contributed by atoms with Crippen LogP contribution in [0, 0.1) is 0 Å². The molecule has 0 aromatic heterocycles. The SMILES string of the molecule is CS(=O)(=O)C1(CN=C(N)Nc2ccc3c(c2)OCCCO3)CCCC1.I. The van der Waals surface area contributed by atoms with Gasteiger partial charge in [-0.15, -0.1) is 24.0 Å². The number of benzene rings is 1. The molecule has 9 heteroatoms. The first-order valence-electron chi connectivity index (χ1n) is 8.56. The molecule has 1 saturated carbocycles. The van der Waals surface area contributed by atoms with Crippen LogP contribution in [0.4, 0.5) is 5.69 Å². The van der Waals surface area contributed by atoms with Gasteiger partial charge in [0.25, 0.3) is 0 Å². The van der Waals surface area contributed by atoms with Gasteiger partial charge in [0.1, 0.15) is 0 Å². The van der Waals surface area contributed by atoms with Crippen LogP contribution in [0.5, 0.6) is 11.5 Å². The zero-order valence-electron chi connectivity index (χ0n) is 14.9. The fourth-order valence-corrected chi connectivity index (χ4v) is 4.65. The molecule has 0 amide bonds. The van der Waals surface area contributed by atoms with E-state index in [0.29, 0.717) is 37.6 Å². The second-order valence-corrected chi connectivity index (χ2v) is 9.11. The van der Waals surface area contributed by atoms with Crippen molar-refractivity contribution in [2.24, 2.45) is 10.7 Å².